The van der Waals surface area contributed by atoms with E-state index in [1.165, 1.54) is 54.6 Å². The molecular weight excluding hydrogens is 436 g/mol. The Labute approximate surface area is 177 Å². The molecule has 1 fully saturated rings. The molecule has 1 aliphatic rings. The van der Waals surface area contributed by atoms with Crippen molar-refractivity contribution in [2.45, 2.75) is 6.36 Å². The van der Waals surface area contributed by atoms with Crippen molar-refractivity contribution >= 4 is 34.6 Å². The van der Waals surface area contributed by atoms with Gasteiger partial charge in [-0.25, -0.2) is 9.38 Å². The van der Waals surface area contributed by atoms with E-state index in [2.05, 4.69) is 15.0 Å². The Morgan fingerprint density at radius 2 is 1.87 bits per heavy atom. The number of ether oxygens (including phenoxy) is 1. The Morgan fingerprint density at radius 3 is 2.65 bits per heavy atom. The third kappa shape index (κ3) is 5.15. The molecule has 1 saturated heterocycles. The summed E-state index contributed by atoms with van der Waals surface area (Å²) in [5.74, 6) is -0.894. The first kappa shape index (κ1) is 20.7. The molecule has 5 nitrogen and oxygen atoms in total. The maximum atomic E-state index is 13.3. The Morgan fingerprint density at radius 1 is 1.06 bits per heavy atom. The molecule has 31 heavy (non-hydrogen) atoms. The summed E-state index contributed by atoms with van der Waals surface area (Å²) >= 11 is 1.02. The fourth-order valence-corrected chi connectivity index (χ4v) is 3.55. The summed E-state index contributed by atoms with van der Waals surface area (Å²) in [5.41, 5.74) is 0.451. The molecular formula is C21H12F4N2O3S. The lowest BCUT2D eigenvalue weighted by atomic mass is 10.1. The minimum Gasteiger partial charge on any atom is -0.457 e. The van der Waals surface area contributed by atoms with Crippen LogP contribution in [0.2, 0.25) is 0 Å². The summed E-state index contributed by atoms with van der Waals surface area (Å²) < 4.78 is 60.8. The van der Waals surface area contributed by atoms with Crippen LogP contribution < -0.4 is 10.1 Å². The molecule has 2 heterocycles. The summed E-state index contributed by atoms with van der Waals surface area (Å²) in [4.78, 5) is 16.6. The van der Waals surface area contributed by atoms with Gasteiger partial charge in [-0.1, -0.05) is 18.2 Å². The largest absolute Gasteiger partial charge is 0.573 e. The van der Waals surface area contributed by atoms with Gasteiger partial charge in [-0.05, 0) is 54.2 Å². The zero-order valence-corrected chi connectivity index (χ0v) is 16.3. The van der Waals surface area contributed by atoms with Gasteiger partial charge < -0.3 is 14.5 Å². The van der Waals surface area contributed by atoms with Crippen molar-refractivity contribution in [3.63, 3.8) is 0 Å². The Bertz CT molecular complexity index is 1200. The Kier molecular flexibility index (Phi) is 5.55. The van der Waals surface area contributed by atoms with Gasteiger partial charge in [0.25, 0.3) is 5.91 Å². The second kappa shape index (κ2) is 8.31. The van der Waals surface area contributed by atoms with Crippen molar-refractivity contribution in [1.29, 1.82) is 0 Å². The smallest absolute Gasteiger partial charge is 0.457 e. The van der Waals surface area contributed by atoms with Gasteiger partial charge in [0.15, 0.2) is 5.17 Å². The van der Waals surface area contributed by atoms with E-state index in [4.69, 9.17) is 4.42 Å². The molecule has 1 N–H and O–H groups in total. The van der Waals surface area contributed by atoms with Crippen LogP contribution in [0.3, 0.4) is 0 Å². The van der Waals surface area contributed by atoms with Crippen molar-refractivity contribution in [1.82, 2.24) is 5.32 Å². The van der Waals surface area contributed by atoms with Crippen LogP contribution in [-0.2, 0) is 4.79 Å². The highest BCUT2D eigenvalue weighted by Gasteiger charge is 2.32. The maximum absolute atomic E-state index is 13.3. The SMILES string of the molecule is O=C1NC(=Nc2cccc(F)c2)S/C1=C\c1ccc(-c2ccccc2OC(F)(F)F)o1. The molecule has 0 bridgehead atoms. The number of para-hydroxylation sites is 1. The van der Waals surface area contributed by atoms with Gasteiger partial charge in [-0.3, -0.25) is 4.79 Å². The number of furan rings is 1. The van der Waals surface area contributed by atoms with Crippen LogP contribution in [0.15, 0.2) is 75.0 Å². The van der Waals surface area contributed by atoms with Crippen LogP contribution in [0.5, 0.6) is 5.75 Å². The van der Waals surface area contributed by atoms with Crippen LogP contribution in [0.1, 0.15) is 5.76 Å². The molecule has 0 aliphatic carbocycles. The number of aliphatic imine (C=N–C) groups is 1. The van der Waals surface area contributed by atoms with Gasteiger partial charge in [0, 0.05) is 6.08 Å². The number of carbonyl (C=O) groups excluding carboxylic acids is 1. The molecule has 0 radical (unpaired) electrons. The number of hydrogen-bond donors (Lipinski definition) is 1. The van der Waals surface area contributed by atoms with Crippen LogP contribution in [0, 0.1) is 5.82 Å². The topological polar surface area (TPSA) is 63.8 Å². The van der Waals surface area contributed by atoms with Crippen molar-refractivity contribution in [2.24, 2.45) is 4.99 Å². The number of rotatable bonds is 4. The van der Waals surface area contributed by atoms with E-state index in [9.17, 15) is 22.4 Å². The minimum atomic E-state index is -4.84. The average molecular weight is 448 g/mol. The highest BCUT2D eigenvalue weighted by molar-refractivity contribution is 8.18. The van der Waals surface area contributed by atoms with Crippen molar-refractivity contribution in [3.05, 3.63) is 77.1 Å². The predicted molar refractivity (Wildman–Crippen MR) is 108 cm³/mol. The lowest BCUT2D eigenvalue weighted by Gasteiger charge is -2.11. The molecule has 158 valence electrons. The molecule has 0 spiro atoms. The van der Waals surface area contributed by atoms with Crippen LogP contribution >= 0.6 is 11.8 Å². The second-order valence-corrected chi connectivity index (χ2v) is 7.24. The van der Waals surface area contributed by atoms with Crippen LogP contribution in [0.25, 0.3) is 17.4 Å². The second-order valence-electron chi connectivity index (χ2n) is 6.21. The summed E-state index contributed by atoms with van der Waals surface area (Å²) in [5, 5.41) is 2.82. The summed E-state index contributed by atoms with van der Waals surface area (Å²) in [6.07, 6.45) is -3.41. The first-order chi connectivity index (χ1) is 14.8. The fraction of sp³-hybridized carbons (Fsp3) is 0.0476. The number of benzene rings is 2. The average Bonchev–Trinajstić information content (AvgIpc) is 3.28. The van der Waals surface area contributed by atoms with Gasteiger partial charge in [-0.15, -0.1) is 13.2 Å². The van der Waals surface area contributed by atoms with E-state index < -0.39 is 23.8 Å². The van der Waals surface area contributed by atoms with Crippen molar-refractivity contribution in [3.8, 4) is 17.1 Å². The molecule has 0 unspecified atom stereocenters. The molecule has 0 saturated carbocycles. The number of hydrogen-bond acceptors (Lipinski definition) is 5. The summed E-state index contributed by atoms with van der Waals surface area (Å²) in [6, 6.07) is 14.1. The van der Waals surface area contributed by atoms with E-state index in [1.807, 2.05) is 0 Å². The first-order valence-corrected chi connectivity index (χ1v) is 9.59. The van der Waals surface area contributed by atoms with Gasteiger partial charge in [0.1, 0.15) is 23.1 Å². The highest BCUT2D eigenvalue weighted by Crippen LogP contribution is 2.36. The van der Waals surface area contributed by atoms with Gasteiger partial charge in [0.05, 0.1) is 16.2 Å². The van der Waals surface area contributed by atoms with Crippen molar-refractivity contribution < 1.29 is 31.5 Å². The van der Waals surface area contributed by atoms with E-state index in [-0.39, 0.29) is 27.2 Å². The van der Waals surface area contributed by atoms with Gasteiger partial charge in [-0.2, -0.15) is 0 Å². The lowest BCUT2D eigenvalue weighted by Crippen LogP contribution is -2.19. The minimum absolute atomic E-state index is 0.112. The first-order valence-electron chi connectivity index (χ1n) is 8.77. The number of alkyl halides is 3. The maximum Gasteiger partial charge on any atom is 0.573 e. The highest BCUT2D eigenvalue weighted by atomic mass is 32.2. The Hall–Kier alpha value is -3.53. The summed E-state index contributed by atoms with van der Waals surface area (Å²) in [6.45, 7) is 0. The molecule has 1 amide bonds. The zero-order chi connectivity index (χ0) is 22.0. The normalized spacial score (nSPS) is 16.7. The monoisotopic (exact) mass is 448 g/mol. The third-order valence-electron chi connectivity index (χ3n) is 3.97. The number of nitrogens with one attached hydrogen (secondary N) is 1. The quantitative estimate of drug-likeness (QED) is 0.400. The molecule has 10 heteroatoms. The number of nitrogens with zero attached hydrogens (tertiary/aromatic N) is 1. The predicted octanol–water partition coefficient (Wildman–Crippen LogP) is 5.88. The number of carbonyl (C=O) groups is 1. The van der Waals surface area contributed by atoms with E-state index in [0.29, 0.717) is 5.69 Å². The lowest BCUT2D eigenvalue weighted by molar-refractivity contribution is -0.274. The molecule has 1 aromatic heterocycles. The molecule has 3 aromatic rings. The third-order valence-corrected chi connectivity index (χ3v) is 4.88. The molecule has 1 aliphatic heterocycles. The van der Waals surface area contributed by atoms with E-state index >= 15 is 0 Å². The number of amidine groups is 1. The Balaban J connectivity index is 1.56. The number of amides is 1. The zero-order valence-electron chi connectivity index (χ0n) is 15.4. The molecule has 4 rings (SSSR count). The van der Waals surface area contributed by atoms with Gasteiger partial charge >= 0.3 is 6.36 Å². The summed E-state index contributed by atoms with van der Waals surface area (Å²) in [7, 11) is 0. The van der Waals surface area contributed by atoms with E-state index in [0.717, 1.165) is 11.8 Å². The fourth-order valence-electron chi connectivity index (χ4n) is 2.73. The van der Waals surface area contributed by atoms with Crippen LogP contribution in [-0.4, -0.2) is 17.4 Å². The number of thioether (sulfide) groups is 1. The van der Waals surface area contributed by atoms with Gasteiger partial charge in [0.2, 0.25) is 0 Å². The van der Waals surface area contributed by atoms with Crippen LogP contribution in [0.4, 0.5) is 23.2 Å². The molecule has 0 atom stereocenters. The number of halogens is 4. The van der Waals surface area contributed by atoms with Crippen molar-refractivity contribution in [2.75, 3.05) is 0 Å². The standard InChI is InChI=1S/C21H12F4N2O3S/c22-12-4-3-5-13(10-12)26-20-27-19(28)18(31-20)11-14-8-9-16(29-14)15-6-1-2-7-17(15)30-21(23,24)25/h1-11H,(H,26,27,28)/b18-11-. The molecule has 2 aromatic carbocycles. The van der Waals surface area contributed by atoms with E-state index in [1.54, 1.807) is 12.1 Å².